The highest BCUT2D eigenvalue weighted by Crippen LogP contribution is 2.35. The molecule has 0 aliphatic heterocycles. The molecule has 1 amide bonds. The number of hydrogen-bond acceptors (Lipinski definition) is 5. The van der Waals surface area contributed by atoms with Crippen molar-refractivity contribution in [1.29, 1.82) is 0 Å². The Morgan fingerprint density at radius 2 is 1.79 bits per heavy atom. The van der Waals surface area contributed by atoms with E-state index in [4.69, 9.17) is 4.74 Å². The predicted molar refractivity (Wildman–Crippen MR) is 104 cm³/mol. The summed E-state index contributed by atoms with van der Waals surface area (Å²) in [5, 5.41) is 13.9. The van der Waals surface area contributed by atoms with Crippen LogP contribution < -0.4 is 5.32 Å². The molecule has 0 fully saturated rings. The van der Waals surface area contributed by atoms with Crippen LogP contribution in [0.2, 0.25) is 0 Å². The van der Waals surface area contributed by atoms with Crippen LogP contribution in [0.25, 0.3) is 0 Å². The van der Waals surface area contributed by atoms with Gasteiger partial charge in [0.25, 0.3) is 5.69 Å². The number of nitrogens with one attached hydrogen (secondary N) is 1. The van der Waals surface area contributed by atoms with E-state index in [-0.39, 0.29) is 12.3 Å². The van der Waals surface area contributed by atoms with Crippen molar-refractivity contribution in [2.24, 2.45) is 0 Å². The first-order valence-corrected chi connectivity index (χ1v) is 9.02. The number of anilines is 1. The summed E-state index contributed by atoms with van der Waals surface area (Å²) >= 11 is 1.29. The van der Waals surface area contributed by atoms with Crippen molar-refractivity contribution in [2.75, 3.05) is 5.32 Å². The van der Waals surface area contributed by atoms with Crippen LogP contribution in [-0.2, 0) is 11.3 Å². The average Bonchev–Trinajstić information content (AvgIpc) is 2.69. The molecular weight excluding hydrogens is 383 g/mol. The molecule has 0 unspecified atom stereocenters. The summed E-state index contributed by atoms with van der Waals surface area (Å²) in [6.45, 7) is -0.135. The van der Waals surface area contributed by atoms with E-state index in [0.29, 0.717) is 16.1 Å². The predicted octanol–water partition coefficient (Wildman–Crippen LogP) is 5.63. The third-order valence-corrected chi connectivity index (χ3v) is 4.72. The topological polar surface area (TPSA) is 81.5 Å². The van der Waals surface area contributed by atoms with Crippen LogP contribution in [-0.4, -0.2) is 11.0 Å². The maximum Gasteiger partial charge on any atom is 0.411 e. The zero-order chi connectivity index (χ0) is 19.9. The third-order valence-electron chi connectivity index (χ3n) is 3.65. The molecule has 8 heteroatoms. The maximum absolute atomic E-state index is 12.9. The zero-order valence-electron chi connectivity index (χ0n) is 14.5. The summed E-state index contributed by atoms with van der Waals surface area (Å²) < 4.78 is 17.9. The van der Waals surface area contributed by atoms with Gasteiger partial charge in [-0.1, -0.05) is 36.0 Å². The standard InChI is InChI=1S/C20H15FN2O4S/c21-15-7-9-16(10-8-15)22-20(24)27-13-14-6-11-19(18(12-14)23(25)26)28-17-4-2-1-3-5-17/h1-12H,13H2,(H,22,24). The van der Waals surface area contributed by atoms with Gasteiger partial charge in [0.1, 0.15) is 12.4 Å². The van der Waals surface area contributed by atoms with Crippen molar-refractivity contribution < 1.29 is 18.8 Å². The Labute approximate surface area is 164 Å². The largest absolute Gasteiger partial charge is 0.444 e. The van der Waals surface area contributed by atoms with E-state index in [1.807, 2.05) is 30.3 Å². The van der Waals surface area contributed by atoms with E-state index >= 15 is 0 Å². The summed E-state index contributed by atoms with van der Waals surface area (Å²) in [5.74, 6) is -0.417. The van der Waals surface area contributed by atoms with Crippen LogP contribution in [0.1, 0.15) is 5.56 Å². The van der Waals surface area contributed by atoms with Crippen molar-refractivity contribution >= 4 is 29.2 Å². The van der Waals surface area contributed by atoms with Gasteiger partial charge in [0, 0.05) is 16.6 Å². The Kier molecular flexibility index (Phi) is 6.23. The van der Waals surface area contributed by atoms with Crippen LogP contribution in [0.3, 0.4) is 0 Å². The molecule has 0 aliphatic carbocycles. The minimum Gasteiger partial charge on any atom is -0.444 e. The van der Waals surface area contributed by atoms with Crippen molar-refractivity contribution in [3.8, 4) is 0 Å². The lowest BCUT2D eigenvalue weighted by molar-refractivity contribution is -0.387. The fourth-order valence-electron chi connectivity index (χ4n) is 2.33. The van der Waals surface area contributed by atoms with Crippen LogP contribution in [0, 0.1) is 15.9 Å². The molecule has 0 spiro atoms. The first-order valence-electron chi connectivity index (χ1n) is 8.21. The molecule has 28 heavy (non-hydrogen) atoms. The Balaban J connectivity index is 1.65. The lowest BCUT2D eigenvalue weighted by Gasteiger charge is -2.08. The van der Waals surface area contributed by atoms with Crippen molar-refractivity contribution in [2.45, 2.75) is 16.4 Å². The van der Waals surface area contributed by atoms with Crippen LogP contribution in [0.4, 0.5) is 20.6 Å². The first-order chi connectivity index (χ1) is 13.5. The Hall–Kier alpha value is -3.39. The Morgan fingerprint density at radius 1 is 1.07 bits per heavy atom. The lowest BCUT2D eigenvalue weighted by Crippen LogP contribution is -2.13. The maximum atomic E-state index is 12.9. The second kappa shape index (κ2) is 9.01. The van der Waals surface area contributed by atoms with Gasteiger partial charge in [-0.15, -0.1) is 0 Å². The van der Waals surface area contributed by atoms with Crippen LogP contribution in [0.15, 0.2) is 82.6 Å². The second-order valence-electron chi connectivity index (χ2n) is 5.68. The summed E-state index contributed by atoms with van der Waals surface area (Å²) in [4.78, 5) is 24.2. The average molecular weight is 398 g/mol. The molecule has 0 atom stereocenters. The highest BCUT2D eigenvalue weighted by atomic mass is 32.2. The molecule has 0 radical (unpaired) electrons. The summed E-state index contributed by atoms with van der Waals surface area (Å²) in [5.41, 5.74) is 0.805. The van der Waals surface area contributed by atoms with E-state index in [1.165, 1.54) is 42.1 Å². The molecule has 0 heterocycles. The number of rotatable bonds is 6. The van der Waals surface area contributed by atoms with Gasteiger partial charge in [-0.25, -0.2) is 9.18 Å². The number of ether oxygens (including phenoxy) is 1. The molecule has 6 nitrogen and oxygen atoms in total. The normalized spacial score (nSPS) is 10.3. The van der Waals surface area contributed by atoms with Crippen LogP contribution >= 0.6 is 11.8 Å². The van der Waals surface area contributed by atoms with Crippen molar-refractivity contribution in [3.05, 3.63) is 94.3 Å². The number of amides is 1. The van der Waals surface area contributed by atoms with E-state index in [0.717, 1.165) is 4.90 Å². The van der Waals surface area contributed by atoms with E-state index in [2.05, 4.69) is 5.32 Å². The SMILES string of the molecule is O=C(Nc1ccc(F)cc1)OCc1ccc(Sc2ccccc2)c([N+](=O)[O-])c1. The van der Waals surface area contributed by atoms with Gasteiger partial charge in [-0.05, 0) is 48.0 Å². The highest BCUT2D eigenvalue weighted by Gasteiger charge is 2.16. The molecule has 0 aromatic heterocycles. The molecule has 142 valence electrons. The number of hydrogen-bond donors (Lipinski definition) is 1. The molecule has 3 aromatic rings. The number of carbonyl (C=O) groups is 1. The second-order valence-corrected chi connectivity index (χ2v) is 6.80. The fraction of sp³-hybridized carbons (Fsp3) is 0.0500. The highest BCUT2D eigenvalue weighted by molar-refractivity contribution is 7.99. The summed E-state index contributed by atoms with van der Waals surface area (Å²) in [6, 6.07) is 19.2. The van der Waals surface area contributed by atoms with E-state index in [1.54, 1.807) is 12.1 Å². The van der Waals surface area contributed by atoms with Gasteiger partial charge < -0.3 is 4.74 Å². The molecule has 0 aliphatic rings. The molecule has 1 N–H and O–H groups in total. The number of nitro benzene ring substituents is 1. The first kappa shape index (κ1) is 19.4. The molecule has 3 rings (SSSR count). The number of carbonyl (C=O) groups excluding carboxylic acids is 1. The lowest BCUT2D eigenvalue weighted by atomic mass is 10.2. The third kappa shape index (κ3) is 5.31. The minimum atomic E-state index is -0.739. The molecular formula is C20H15FN2O4S. The number of nitro groups is 1. The number of benzene rings is 3. The van der Waals surface area contributed by atoms with Crippen molar-refractivity contribution in [3.63, 3.8) is 0 Å². The van der Waals surface area contributed by atoms with E-state index < -0.39 is 16.8 Å². The molecule has 0 saturated heterocycles. The van der Waals surface area contributed by atoms with Crippen molar-refractivity contribution in [1.82, 2.24) is 0 Å². The Morgan fingerprint density at radius 3 is 2.46 bits per heavy atom. The number of halogens is 1. The van der Waals surface area contributed by atoms with Gasteiger partial charge in [-0.3, -0.25) is 15.4 Å². The number of nitrogens with zero attached hydrogens (tertiary/aromatic N) is 1. The minimum absolute atomic E-state index is 0.0612. The van der Waals surface area contributed by atoms with Gasteiger partial charge in [0.15, 0.2) is 0 Å². The monoisotopic (exact) mass is 398 g/mol. The zero-order valence-corrected chi connectivity index (χ0v) is 15.3. The molecule has 0 saturated carbocycles. The molecule has 3 aromatic carbocycles. The smallest absolute Gasteiger partial charge is 0.411 e. The summed E-state index contributed by atoms with van der Waals surface area (Å²) in [7, 11) is 0. The Bertz CT molecular complexity index is 981. The quantitative estimate of drug-likeness (QED) is 0.430. The molecule has 0 bridgehead atoms. The van der Waals surface area contributed by atoms with E-state index in [9.17, 15) is 19.3 Å². The summed E-state index contributed by atoms with van der Waals surface area (Å²) in [6.07, 6.45) is -0.739. The van der Waals surface area contributed by atoms with Gasteiger partial charge in [-0.2, -0.15) is 0 Å². The van der Waals surface area contributed by atoms with Gasteiger partial charge in [0.2, 0.25) is 0 Å². The van der Waals surface area contributed by atoms with Gasteiger partial charge in [0.05, 0.1) is 9.82 Å². The fourth-order valence-corrected chi connectivity index (χ4v) is 3.25. The van der Waals surface area contributed by atoms with Gasteiger partial charge >= 0.3 is 6.09 Å². The van der Waals surface area contributed by atoms with Crippen LogP contribution in [0.5, 0.6) is 0 Å².